The third kappa shape index (κ3) is 2.38. The highest BCUT2D eigenvalue weighted by Crippen LogP contribution is 2.54. The van der Waals surface area contributed by atoms with Crippen molar-refractivity contribution < 1.29 is 24.2 Å². The number of nitrogens with zero attached hydrogens (tertiary/aromatic N) is 1. The Morgan fingerprint density at radius 1 is 1.32 bits per heavy atom. The average molecular weight is 408 g/mol. The van der Waals surface area contributed by atoms with Crippen molar-refractivity contribution in [3.63, 3.8) is 0 Å². The maximum Gasteiger partial charge on any atom is 0.250 e. The minimum absolute atomic E-state index is 0.104. The summed E-state index contributed by atoms with van der Waals surface area (Å²) < 4.78 is 5.01. The highest BCUT2D eigenvalue weighted by atomic mass is 35.5. The van der Waals surface area contributed by atoms with E-state index in [-0.39, 0.29) is 13.2 Å². The van der Waals surface area contributed by atoms with Gasteiger partial charge in [0.15, 0.2) is 0 Å². The Kier molecular flexibility index (Phi) is 4.50. The molecule has 150 valence electrons. The second-order valence-corrected chi connectivity index (χ2v) is 8.07. The first-order chi connectivity index (χ1) is 13.2. The second-order valence-electron chi connectivity index (χ2n) is 7.67. The number of aryl methyl sites for hydroxylation is 1. The fraction of sp³-hybridized carbons (Fsp3) is 0.526. The second kappa shape index (κ2) is 6.52. The van der Waals surface area contributed by atoms with Gasteiger partial charge in [-0.05, 0) is 25.5 Å². The van der Waals surface area contributed by atoms with Gasteiger partial charge in [0, 0.05) is 18.7 Å². The van der Waals surface area contributed by atoms with E-state index in [0.29, 0.717) is 16.3 Å². The van der Waals surface area contributed by atoms with Crippen LogP contribution < -0.4 is 10.6 Å². The number of benzene rings is 1. The normalized spacial score (nSPS) is 32.1. The Balaban J connectivity index is 1.89. The number of methoxy groups -OCH3 is 1. The fourth-order valence-electron chi connectivity index (χ4n) is 4.80. The van der Waals surface area contributed by atoms with E-state index in [2.05, 4.69) is 10.6 Å². The van der Waals surface area contributed by atoms with Gasteiger partial charge >= 0.3 is 0 Å². The lowest BCUT2D eigenvalue weighted by molar-refractivity contribution is -0.143. The van der Waals surface area contributed by atoms with Crippen LogP contribution in [0.15, 0.2) is 12.1 Å². The molecule has 3 aliphatic heterocycles. The van der Waals surface area contributed by atoms with Crippen LogP contribution in [0, 0.1) is 18.8 Å². The predicted octanol–water partition coefficient (Wildman–Crippen LogP) is 0.396. The SMILES string of the molecule is COCCN1C(=O)[C@@H]2C(C(C)O)NC3(C(=O)Nc4c(Cl)cc(C)cc43)[C@@H]2C1=O. The van der Waals surface area contributed by atoms with E-state index >= 15 is 0 Å². The number of halogens is 1. The lowest BCUT2D eigenvalue weighted by atomic mass is 9.76. The van der Waals surface area contributed by atoms with E-state index in [1.165, 1.54) is 7.11 Å². The molecule has 3 aliphatic rings. The van der Waals surface area contributed by atoms with Crippen LogP contribution in [-0.4, -0.2) is 60.1 Å². The van der Waals surface area contributed by atoms with Gasteiger partial charge in [0.2, 0.25) is 17.7 Å². The number of hydrogen-bond donors (Lipinski definition) is 3. The molecule has 5 atom stereocenters. The molecule has 3 unspecified atom stereocenters. The van der Waals surface area contributed by atoms with Gasteiger partial charge in [0.1, 0.15) is 5.54 Å². The summed E-state index contributed by atoms with van der Waals surface area (Å²) in [5.41, 5.74) is 0.346. The monoisotopic (exact) mass is 407 g/mol. The summed E-state index contributed by atoms with van der Waals surface area (Å²) in [7, 11) is 1.49. The number of likely N-dealkylation sites (tertiary alicyclic amines) is 1. The van der Waals surface area contributed by atoms with Gasteiger partial charge in [0.05, 0.1) is 41.8 Å². The molecule has 8 nitrogen and oxygen atoms in total. The third-order valence-electron chi connectivity index (χ3n) is 5.98. The number of imide groups is 1. The minimum atomic E-state index is -1.45. The smallest absolute Gasteiger partial charge is 0.250 e. The molecule has 3 N–H and O–H groups in total. The van der Waals surface area contributed by atoms with E-state index in [0.717, 1.165) is 10.5 Å². The number of aliphatic hydroxyl groups excluding tert-OH is 1. The Bertz CT molecular complexity index is 889. The summed E-state index contributed by atoms with van der Waals surface area (Å²) in [5.74, 6) is -3.09. The van der Waals surface area contributed by atoms with Crippen LogP contribution in [0.2, 0.25) is 5.02 Å². The number of amides is 3. The Morgan fingerprint density at radius 2 is 2.04 bits per heavy atom. The van der Waals surface area contributed by atoms with E-state index in [9.17, 15) is 19.5 Å². The van der Waals surface area contributed by atoms with Gasteiger partial charge in [-0.25, -0.2) is 0 Å². The number of anilines is 1. The number of carbonyl (C=O) groups is 3. The van der Waals surface area contributed by atoms with Crippen molar-refractivity contribution in [2.45, 2.75) is 31.5 Å². The molecule has 0 saturated carbocycles. The number of rotatable bonds is 4. The van der Waals surface area contributed by atoms with Crippen molar-refractivity contribution >= 4 is 35.0 Å². The van der Waals surface area contributed by atoms with Gasteiger partial charge < -0.3 is 15.2 Å². The number of fused-ring (bicyclic) bond motifs is 4. The molecular weight excluding hydrogens is 386 g/mol. The van der Waals surface area contributed by atoms with Gasteiger partial charge in [0.25, 0.3) is 0 Å². The van der Waals surface area contributed by atoms with Crippen LogP contribution in [0.5, 0.6) is 0 Å². The molecule has 4 rings (SSSR count). The zero-order valence-corrected chi connectivity index (χ0v) is 16.5. The average Bonchev–Trinajstić information content (AvgIpc) is 3.21. The molecule has 0 aliphatic carbocycles. The molecular formula is C19H22ClN3O5. The summed E-state index contributed by atoms with van der Waals surface area (Å²) in [5, 5.41) is 16.6. The number of ether oxygens (including phenoxy) is 1. The van der Waals surface area contributed by atoms with Crippen molar-refractivity contribution in [3.05, 3.63) is 28.3 Å². The summed E-state index contributed by atoms with van der Waals surface area (Å²) in [6.45, 7) is 3.69. The van der Waals surface area contributed by atoms with Gasteiger partial charge in [-0.2, -0.15) is 0 Å². The highest BCUT2D eigenvalue weighted by Gasteiger charge is 2.71. The van der Waals surface area contributed by atoms with Crippen molar-refractivity contribution in [1.29, 1.82) is 0 Å². The standard InChI is InChI=1S/C19H22ClN3O5/c1-8-6-10-15(11(20)7-8)21-18(27)19(10)13-12(14(22-19)9(2)24)16(25)23(17(13)26)4-5-28-3/h6-7,9,12-14,22,24H,4-5H2,1-3H3,(H,21,27)/t9?,12-,13-,14?,19?/m0/s1. The Morgan fingerprint density at radius 3 is 2.68 bits per heavy atom. The summed E-state index contributed by atoms with van der Waals surface area (Å²) in [6.07, 6.45) is -0.942. The number of carbonyl (C=O) groups excluding carboxylic acids is 3. The summed E-state index contributed by atoms with van der Waals surface area (Å²) in [6, 6.07) is 2.78. The van der Waals surface area contributed by atoms with Crippen molar-refractivity contribution in [2.24, 2.45) is 11.8 Å². The zero-order valence-electron chi connectivity index (χ0n) is 15.8. The highest BCUT2D eigenvalue weighted by molar-refractivity contribution is 6.35. The number of nitrogens with one attached hydrogen (secondary N) is 2. The molecule has 28 heavy (non-hydrogen) atoms. The molecule has 3 amide bonds. The topological polar surface area (TPSA) is 108 Å². The quantitative estimate of drug-likeness (QED) is 0.623. The van der Waals surface area contributed by atoms with E-state index in [1.807, 2.05) is 6.92 Å². The molecule has 0 bridgehead atoms. The maximum atomic E-state index is 13.3. The van der Waals surface area contributed by atoms with E-state index < -0.39 is 47.2 Å². The zero-order chi connectivity index (χ0) is 20.4. The lowest BCUT2D eigenvalue weighted by Gasteiger charge is -2.30. The Labute approximate surface area is 167 Å². The predicted molar refractivity (Wildman–Crippen MR) is 101 cm³/mol. The molecule has 1 aromatic carbocycles. The van der Waals surface area contributed by atoms with Crippen LogP contribution in [-0.2, 0) is 24.7 Å². The third-order valence-corrected chi connectivity index (χ3v) is 6.28. The van der Waals surface area contributed by atoms with E-state index in [4.69, 9.17) is 16.3 Å². The minimum Gasteiger partial charge on any atom is -0.392 e. The molecule has 2 fully saturated rings. The number of hydrogen-bond acceptors (Lipinski definition) is 6. The van der Waals surface area contributed by atoms with Crippen LogP contribution in [0.25, 0.3) is 0 Å². The first-order valence-corrected chi connectivity index (χ1v) is 9.53. The fourth-order valence-corrected chi connectivity index (χ4v) is 5.12. The Hall–Kier alpha value is -2.00. The van der Waals surface area contributed by atoms with Crippen LogP contribution in [0.4, 0.5) is 5.69 Å². The van der Waals surface area contributed by atoms with Crippen molar-refractivity contribution in [1.82, 2.24) is 10.2 Å². The van der Waals surface area contributed by atoms with Gasteiger partial charge in [-0.15, -0.1) is 0 Å². The first-order valence-electron chi connectivity index (χ1n) is 9.16. The molecule has 1 aromatic rings. The van der Waals surface area contributed by atoms with E-state index in [1.54, 1.807) is 19.1 Å². The van der Waals surface area contributed by atoms with Crippen LogP contribution >= 0.6 is 11.6 Å². The lowest BCUT2D eigenvalue weighted by Crippen LogP contribution is -2.55. The maximum absolute atomic E-state index is 13.3. The van der Waals surface area contributed by atoms with Crippen LogP contribution in [0.1, 0.15) is 18.1 Å². The molecule has 0 aromatic heterocycles. The molecule has 2 saturated heterocycles. The van der Waals surface area contributed by atoms with Gasteiger partial charge in [-0.3, -0.25) is 24.6 Å². The van der Waals surface area contributed by atoms with Gasteiger partial charge in [-0.1, -0.05) is 17.7 Å². The first kappa shape index (κ1) is 19.3. The van der Waals surface area contributed by atoms with Crippen LogP contribution in [0.3, 0.4) is 0 Å². The summed E-state index contributed by atoms with van der Waals surface area (Å²) >= 11 is 6.34. The largest absolute Gasteiger partial charge is 0.392 e. The molecule has 1 spiro atoms. The molecule has 3 heterocycles. The van der Waals surface area contributed by atoms with Crippen molar-refractivity contribution in [3.8, 4) is 0 Å². The van der Waals surface area contributed by atoms with Crippen molar-refractivity contribution in [2.75, 3.05) is 25.6 Å². The number of aliphatic hydroxyl groups is 1. The molecule has 0 radical (unpaired) electrons. The molecule has 9 heteroatoms. The summed E-state index contributed by atoms with van der Waals surface area (Å²) in [4.78, 5) is 40.6.